The molecule has 0 spiro atoms. The molecule has 0 aliphatic heterocycles. The Bertz CT molecular complexity index is 949. The van der Waals surface area contributed by atoms with Gasteiger partial charge >= 0.3 is 0 Å². The average molecular weight is 427 g/mol. The van der Waals surface area contributed by atoms with Crippen LogP contribution < -0.4 is 19.1 Å². The fraction of sp³-hybridized carbons (Fsp3) is 0.316. The summed E-state index contributed by atoms with van der Waals surface area (Å²) >= 11 is 5.97. The normalized spacial score (nSPS) is 12.2. The van der Waals surface area contributed by atoms with Gasteiger partial charge in [0.05, 0.1) is 26.2 Å². The molecule has 0 aliphatic rings. The van der Waals surface area contributed by atoms with E-state index >= 15 is 0 Å². The number of carbonyl (C=O) groups is 1. The number of nitrogens with one attached hydrogen (secondary N) is 1. The average Bonchev–Trinajstić information content (AvgIpc) is 2.64. The van der Waals surface area contributed by atoms with E-state index in [1.807, 2.05) is 0 Å². The van der Waals surface area contributed by atoms with Crippen molar-refractivity contribution >= 4 is 33.2 Å². The molecule has 1 amide bonds. The van der Waals surface area contributed by atoms with Crippen molar-refractivity contribution in [1.82, 2.24) is 5.32 Å². The highest BCUT2D eigenvalue weighted by molar-refractivity contribution is 7.92. The molecule has 2 aromatic rings. The third kappa shape index (κ3) is 5.30. The molecule has 1 N–H and O–H groups in total. The lowest BCUT2D eigenvalue weighted by Gasteiger charge is -2.28. The molecule has 0 aromatic heterocycles. The van der Waals surface area contributed by atoms with Crippen LogP contribution in [0.5, 0.6) is 11.5 Å². The second kappa shape index (κ2) is 9.16. The quantitative estimate of drug-likeness (QED) is 0.701. The van der Waals surface area contributed by atoms with E-state index in [1.165, 1.54) is 27.2 Å². The minimum Gasteiger partial charge on any atom is -0.493 e. The van der Waals surface area contributed by atoms with Gasteiger partial charge < -0.3 is 14.8 Å². The summed E-state index contributed by atoms with van der Waals surface area (Å²) in [6.07, 6.45) is 1.05. The lowest BCUT2D eigenvalue weighted by atomic mass is 10.2. The summed E-state index contributed by atoms with van der Waals surface area (Å²) in [6, 6.07) is 10.7. The summed E-state index contributed by atoms with van der Waals surface area (Å²) in [5.41, 5.74) is 1.11. The third-order valence-corrected chi connectivity index (χ3v) is 5.54. The van der Waals surface area contributed by atoms with Gasteiger partial charge in [0.15, 0.2) is 11.5 Å². The Morgan fingerprint density at radius 2 is 1.82 bits per heavy atom. The number of carbonyl (C=O) groups excluding carboxylic acids is 1. The Hall–Kier alpha value is -2.45. The maximum atomic E-state index is 12.6. The molecule has 0 heterocycles. The lowest BCUT2D eigenvalue weighted by molar-refractivity contribution is -0.122. The topological polar surface area (TPSA) is 84.9 Å². The minimum atomic E-state index is -3.70. The van der Waals surface area contributed by atoms with Crippen molar-refractivity contribution in [3.63, 3.8) is 0 Å². The Balaban J connectivity index is 2.18. The molecular formula is C19H23ClN2O5S. The number of halogens is 1. The number of methoxy groups -OCH3 is 2. The van der Waals surface area contributed by atoms with Gasteiger partial charge in [-0.1, -0.05) is 23.7 Å². The van der Waals surface area contributed by atoms with Crippen LogP contribution in [-0.4, -0.2) is 40.8 Å². The predicted molar refractivity (Wildman–Crippen MR) is 110 cm³/mol. The fourth-order valence-electron chi connectivity index (χ4n) is 2.75. The van der Waals surface area contributed by atoms with Crippen molar-refractivity contribution in [1.29, 1.82) is 0 Å². The van der Waals surface area contributed by atoms with E-state index in [2.05, 4.69) is 5.32 Å². The van der Waals surface area contributed by atoms with E-state index < -0.39 is 22.0 Å². The highest BCUT2D eigenvalue weighted by Gasteiger charge is 2.29. The van der Waals surface area contributed by atoms with Crippen LogP contribution in [-0.2, 0) is 21.4 Å². The van der Waals surface area contributed by atoms with Gasteiger partial charge in [-0.15, -0.1) is 0 Å². The van der Waals surface area contributed by atoms with Gasteiger partial charge in [0.2, 0.25) is 15.9 Å². The Morgan fingerprint density at radius 1 is 1.14 bits per heavy atom. The SMILES string of the molecule is COc1ccc(CNC(=O)[C@H](C)N(c2cccc(Cl)c2)S(C)(=O)=O)cc1OC. The van der Waals surface area contributed by atoms with Crippen LogP contribution in [0.15, 0.2) is 42.5 Å². The molecule has 28 heavy (non-hydrogen) atoms. The highest BCUT2D eigenvalue weighted by atomic mass is 35.5. The lowest BCUT2D eigenvalue weighted by Crippen LogP contribution is -2.47. The molecule has 152 valence electrons. The first-order valence-corrected chi connectivity index (χ1v) is 10.6. The number of nitrogens with zero attached hydrogens (tertiary/aromatic N) is 1. The van der Waals surface area contributed by atoms with Crippen molar-refractivity contribution in [3.05, 3.63) is 53.1 Å². The van der Waals surface area contributed by atoms with Crippen molar-refractivity contribution in [2.24, 2.45) is 0 Å². The monoisotopic (exact) mass is 426 g/mol. The second-order valence-corrected chi connectivity index (χ2v) is 8.42. The van der Waals surface area contributed by atoms with Gasteiger partial charge in [-0.05, 0) is 42.8 Å². The van der Waals surface area contributed by atoms with Gasteiger partial charge in [0, 0.05) is 11.6 Å². The van der Waals surface area contributed by atoms with Crippen molar-refractivity contribution in [2.75, 3.05) is 24.8 Å². The van der Waals surface area contributed by atoms with E-state index in [9.17, 15) is 13.2 Å². The molecule has 0 saturated carbocycles. The summed E-state index contributed by atoms with van der Waals surface area (Å²) < 4.78 is 36.1. The molecular weight excluding hydrogens is 404 g/mol. The van der Waals surface area contributed by atoms with Gasteiger partial charge in [-0.25, -0.2) is 8.42 Å². The number of amides is 1. The van der Waals surface area contributed by atoms with E-state index in [1.54, 1.807) is 36.4 Å². The zero-order valence-electron chi connectivity index (χ0n) is 16.1. The first-order valence-electron chi connectivity index (χ1n) is 8.41. The molecule has 1 atom stereocenters. The number of hydrogen-bond acceptors (Lipinski definition) is 5. The Labute approximate surface area is 170 Å². The largest absolute Gasteiger partial charge is 0.493 e. The van der Waals surface area contributed by atoms with Crippen LogP contribution >= 0.6 is 11.6 Å². The summed E-state index contributed by atoms with van der Waals surface area (Å²) in [6.45, 7) is 1.72. The fourth-order valence-corrected chi connectivity index (χ4v) is 4.10. The van der Waals surface area contributed by atoms with E-state index in [4.69, 9.17) is 21.1 Å². The van der Waals surface area contributed by atoms with Crippen LogP contribution in [0.4, 0.5) is 5.69 Å². The molecule has 0 radical (unpaired) electrons. The number of hydrogen-bond donors (Lipinski definition) is 1. The van der Waals surface area contributed by atoms with Crippen LogP contribution in [0.25, 0.3) is 0 Å². The molecule has 0 saturated heterocycles. The minimum absolute atomic E-state index is 0.205. The Kier molecular flexibility index (Phi) is 7.15. The second-order valence-electron chi connectivity index (χ2n) is 6.12. The summed E-state index contributed by atoms with van der Waals surface area (Å²) in [5, 5.41) is 3.13. The number of benzene rings is 2. The predicted octanol–water partition coefficient (Wildman–Crippen LogP) is 2.83. The zero-order valence-corrected chi connectivity index (χ0v) is 17.7. The van der Waals surface area contributed by atoms with Crippen LogP contribution in [0.1, 0.15) is 12.5 Å². The first kappa shape index (κ1) is 21.8. The van der Waals surface area contributed by atoms with Crippen molar-refractivity contribution in [3.8, 4) is 11.5 Å². The molecule has 9 heteroatoms. The Morgan fingerprint density at radius 3 is 2.39 bits per heavy atom. The van der Waals surface area contributed by atoms with Crippen molar-refractivity contribution < 1.29 is 22.7 Å². The summed E-state index contributed by atoms with van der Waals surface area (Å²) in [7, 11) is -0.641. The maximum Gasteiger partial charge on any atom is 0.243 e. The number of anilines is 1. The van der Waals surface area contributed by atoms with Crippen LogP contribution in [0, 0.1) is 0 Å². The smallest absolute Gasteiger partial charge is 0.243 e. The summed E-state index contributed by atoms with van der Waals surface area (Å²) in [4.78, 5) is 12.6. The van der Waals surface area contributed by atoms with Crippen molar-refractivity contribution in [2.45, 2.75) is 19.5 Å². The van der Waals surface area contributed by atoms with Gasteiger partial charge in [0.1, 0.15) is 6.04 Å². The molecule has 7 nitrogen and oxygen atoms in total. The van der Waals surface area contributed by atoms with E-state index in [0.717, 1.165) is 16.1 Å². The van der Waals surface area contributed by atoms with E-state index in [0.29, 0.717) is 22.2 Å². The van der Waals surface area contributed by atoms with E-state index in [-0.39, 0.29) is 6.54 Å². The standard InChI is InChI=1S/C19H23ClN2O5S/c1-13(22(28(4,24)25)16-7-5-6-15(20)11-16)19(23)21-12-14-8-9-17(26-2)18(10-14)27-3/h5-11,13H,12H2,1-4H3,(H,21,23)/t13-/m0/s1. The summed E-state index contributed by atoms with van der Waals surface area (Å²) in [5.74, 6) is 0.675. The van der Waals surface area contributed by atoms with Gasteiger partial charge in [-0.2, -0.15) is 0 Å². The highest BCUT2D eigenvalue weighted by Crippen LogP contribution is 2.28. The number of ether oxygens (including phenoxy) is 2. The maximum absolute atomic E-state index is 12.6. The number of sulfonamides is 1. The van der Waals surface area contributed by atoms with Crippen LogP contribution in [0.2, 0.25) is 5.02 Å². The molecule has 2 rings (SSSR count). The zero-order chi connectivity index (χ0) is 20.9. The molecule has 0 aliphatic carbocycles. The van der Waals surface area contributed by atoms with Crippen LogP contribution in [0.3, 0.4) is 0 Å². The molecule has 0 bridgehead atoms. The molecule has 0 fully saturated rings. The third-order valence-electron chi connectivity index (χ3n) is 4.07. The van der Waals surface area contributed by atoms with Gasteiger partial charge in [-0.3, -0.25) is 9.10 Å². The molecule has 2 aromatic carbocycles. The van der Waals surface area contributed by atoms with Gasteiger partial charge in [0.25, 0.3) is 0 Å². The number of rotatable bonds is 8. The first-order chi connectivity index (χ1) is 13.2. The molecule has 0 unspecified atom stereocenters.